The number of fused-ring (bicyclic) bond motifs is 1. The van der Waals surface area contributed by atoms with E-state index in [1.165, 1.54) is 7.41 Å². The van der Waals surface area contributed by atoms with Crippen LogP contribution in [0.5, 0.6) is 5.75 Å². The monoisotopic (exact) mass is 586 g/mol. The Bertz CT molecular complexity index is 1520. The normalized spacial score (nSPS) is 18.5. The number of methoxy groups -OCH3 is 1. The first-order valence-corrected chi connectivity index (χ1v) is 14.2. The summed E-state index contributed by atoms with van der Waals surface area (Å²) < 4.78 is 5.72. The van der Waals surface area contributed by atoms with Crippen molar-refractivity contribution in [2.75, 3.05) is 62.5 Å². The third-order valence-corrected chi connectivity index (χ3v) is 8.58. The van der Waals surface area contributed by atoms with Crippen LogP contribution >= 0.6 is 11.6 Å². The van der Waals surface area contributed by atoms with Gasteiger partial charge in [0.25, 0.3) is 0 Å². The fourth-order valence-corrected chi connectivity index (χ4v) is 6.17. The van der Waals surface area contributed by atoms with Gasteiger partial charge in [-0.1, -0.05) is 18.5 Å². The zero-order chi connectivity index (χ0) is 30.0. The number of benzene rings is 2. The first kappa shape index (κ1) is 29.6. The third kappa shape index (κ3) is 5.62. The molecule has 217 valence electrons. The van der Waals surface area contributed by atoms with Crippen LogP contribution in [0.2, 0.25) is 5.02 Å². The van der Waals surface area contributed by atoms with Crippen molar-refractivity contribution in [3.8, 4) is 23.1 Å². The molecule has 42 heavy (non-hydrogen) atoms. The Hall–Kier alpha value is -3.85. The number of aromatic nitrogens is 2. The molecule has 1 fully saturated rings. The highest BCUT2D eigenvalue weighted by molar-refractivity contribution is 6.70. The molecule has 1 saturated heterocycles. The van der Waals surface area contributed by atoms with Crippen molar-refractivity contribution in [1.29, 1.82) is 5.26 Å². The molecule has 3 heterocycles. The van der Waals surface area contributed by atoms with E-state index in [9.17, 15) is 15.2 Å². The molecule has 3 aromatic rings. The minimum atomic E-state index is -0.655. The number of nitrogens with zero attached hydrogens (tertiary/aromatic N) is 6. The van der Waals surface area contributed by atoms with Crippen molar-refractivity contribution >= 4 is 48.2 Å². The molecule has 10 nitrogen and oxygen atoms in total. The predicted octanol–water partition coefficient (Wildman–Crippen LogP) is 3.83. The average molecular weight is 587 g/mol. The molecular weight excluding hydrogens is 553 g/mol. The van der Waals surface area contributed by atoms with Crippen LogP contribution in [0.25, 0.3) is 11.3 Å². The molecule has 5 rings (SSSR count). The minimum Gasteiger partial charge on any atom is -0.494 e. The van der Waals surface area contributed by atoms with Crippen molar-refractivity contribution in [3.05, 3.63) is 52.7 Å². The first-order chi connectivity index (χ1) is 20.2. The van der Waals surface area contributed by atoms with Gasteiger partial charge >= 0.3 is 7.41 Å². The standard InChI is InChI=1S/C30H34BClN7O3/c1-30(17-40)16-39(31-18-41)28-20(15-33)11-19(12-22(28)30)24-5-8-34-29(35-24)36-25-13-23(32)26(14-27(25)42-4)38-9-6-21(7-10-38)37(2)3/h5,8,11-14,18,21,40H,6-7,9-10,16-17H2,1-4H3,(H,34,35,36). The van der Waals surface area contributed by atoms with Crippen molar-refractivity contribution in [1.82, 2.24) is 14.9 Å². The lowest BCUT2D eigenvalue weighted by molar-refractivity contribution is 0.217. The first-order valence-electron chi connectivity index (χ1n) is 13.9. The molecular formula is C30H34BClN7O3. The summed E-state index contributed by atoms with van der Waals surface area (Å²) in [4.78, 5) is 26.7. The lowest BCUT2D eigenvalue weighted by Gasteiger charge is -2.37. The van der Waals surface area contributed by atoms with E-state index < -0.39 is 5.41 Å². The van der Waals surface area contributed by atoms with Gasteiger partial charge in [0.2, 0.25) is 5.95 Å². The zero-order valence-electron chi connectivity index (χ0n) is 24.3. The SMILES string of the molecule is COc1cc(N2CCC(N(C)C)CC2)c(Cl)cc1Nc1nccc(-c2cc(C#N)c3c(c2)C(C)(CO)CN3[B]C=O)n1. The molecule has 0 spiro atoms. The molecule has 2 aliphatic rings. The van der Waals surface area contributed by atoms with Gasteiger partial charge < -0.3 is 34.6 Å². The molecule has 12 heteroatoms. The Morgan fingerprint density at radius 2 is 2.07 bits per heavy atom. The summed E-state index contributed by atoms with van der Waals surface area (Å²) in [5, 5.41) is 24.0. The molecule has 1 atom stereocenters. The van der Waals surface area contributed by atoms with Gasteiger partial charge in [0, 0.05) is 54.6 Å². The van der Waals surface area contributed by atoms with Crippen molar-refractivity contribution in [2.24, 2.45) is 0 Å². The smallest absolute Gasteiger partial charge is 0.329 e. The lowest BCUT2D eigenvalue weighted by atomic mass is 9.83. The van der Waals surface area contributed by atoms with Crippen LogP contribution in [0.4, 0.5) is 23.0 Å². The number of piperidine rings is 1. The number of nitriles is 1. The van der Waals surface area contributed by atoms with E-state index in [2.05, 4.69) is 40.3 Å². The Morgan fingerprint density at radius 1 is 1.31 bits per heavy atom. The largest absolute Gasteiger partial charge is 0.494 e. The van der Waals surface area contributed by atoms with Crippen LogP contribution in [0, 0.1) is 11.3 Å². The van der Waals surface area contributed by atoms with Gasteiger partial charge in [-0.05, 0) is 56.8 Å². The number of anilines is 4. The molecule has 0 amide bonds. The maximum atomic E-state index is 11.3. The average Bonchev–Trinajstić information content (AvgIpc) is 3.29. The molecule has 0 aliphatic carbocycles. The van der Waals surface area contributed by atoms with Gasteiger partial charge in [-0.25, -0.2) is 9.97 Å². The van der Waals surface area contributed by atoms with Crippen LogP contribution in [-0.4, -0.2) is 87.1 Å². The molecule has 2 aliphatic heterocycles. The van der Waals surface area contributed by atoms with Crippen LogP contribution < -0.4 is 19.8 Å². The second-order valence-electron chi connectivity index (χ2n) is 11.2. The lowest BCUT2D eigenvalue weighted by Crippen LogP contribution is -2.42. The molecule has 0 saturated carbocycles. The number of rotatable bonds is 9. The highest BCUT2D eigenvalue weighted by Crippen LogP contribution is 2.44. The van der Waals surface area contributed by atoms with E-state index in [4.69, 9.17) is 21.3 Å². The number of hydrogen-bond acceptors (Lipinski definition) is 10. The second kappa shape index (κ2) is 12.2. The highest BCUT2D eigenvalue weighted by atomic mass is 35.5. The zero-order valence-corrected chi connectivity index (χ0v) is 25.0. The van der Waals surface area contributed by atoms with Crippen molar-refractivity contribution < 1.29 is 14.6 Å². The fraction of sp³-hybridized carbons (Fsp3) is 0.400. The van der Waals surface area contributed by atoms with E-state index in [0.29, 0.717) is 63.7 Å². The summed E-state index contributed by atoms with van der Waals surface area (Å²) in [6.45, 7) is 3.98. The Labute approximate surface area is 252 Å². The van der Waals surface area contributed by atoms with Gasteiger partial charge in [-0.2, -0.15) is 5.26 Å². The summed E-state index contributed by atoms with van der Waals surface area (Å²) in [5.74, 6) is 0.953. The van der Waals surface area contributed by atoms with E-state index in [-0.39, 0.29) is 6.61 Å². The quantitative estimate of drug-likeness (QED) is 0.283. The van der Waals surface area contributed by atoms with Gasteiger partial charge in [-0.15, -0.1) is 0 Å². The van der Waals surface area contributed by atoms with Crippen LogP contribution in [0.1, 0.15) is 30.9 Å². The van der Waals surface area contributed by atoms with Crippen LogP contribution in [0.15, 0.2) is 36.5 Å². The number of nitrogens with one attached hydrogen (secondary N) is 1. The Balaban J connectivity index is 1.44. The molecule has 1 radical (unpaired) electrons. The predicted molar refractivity (Wildman–Crippen MR) is 167 cm³/mol. The number of carbonyl (C=O) groups excluding carboxylic acids is 1. The molecule has 2 aromatic carbocycles. The fourth-order valence-electron chi connectivity index (χ4n) is 5.89. The number of hydrogen-bond donors (Lipinski definition) is 2. The number of aliphatic hydroxyl groups is 1. The van der Waals surface area contributed by atoms with Crippen LogP contribution in [0.3, 0.4) is 0 Å². The molecule has 0 bridgehead atoms. The van der Waals surface area contributed by atoms with E-state index >= 15 is 0 Å². The van der Waals surface area contributed by atoms with Crippen molar-refractivity contribution in [3.63, 3.8) is 0 Å². The Kier molecular flexibility index (Phi) is 8.59. The van der Waals surface area contributed by atoms with Gasteiger partial charge in [0.05, 0.1) is 41.4 Å². The summed E-state index contributed by atoms with van der Waals surface area (Å²) >= 11 is 6.78. The summed E-state index contributed by atoms with van der Waals surface area (Å²) in [6.07, 6.45) is 4.45. The van der Waals surface area contributed by atoms with E-state index in [1.54, 1.807) is 30.3 Å². The summed E-state index contributed by atoms with van der Waals surface area (Å²) in [5.41, 5.74) is 4.00. The number of aliphatic hydroxyl groups excluding tert-OH is 1. The maximum absolute atomic E-state index is 11.3. The van der Waals surface area contributed by atoms with Crippen molar-refractivity contribution in [2.45, 2.75) is 31.2 Å². The number of halogens is 1. The van der Waals surface area contributed by atoms with Gasteiger partial charge in [0.1, 0.15) is 18.0 Å². The van der Waals surface area contributed by atoms with Gasteiger partial charge in [-0.3, -0.25) is 0 Å². The second-order valence-corrected chi connectivity index (χ2v) is 11.6. The third-order valence-electron chi connectivity index (χ3n) is 8.28. The Morgan fingerprint density at radius 3 is 2.71 bits per heavy atom. The molecule has 1 aromatic heterocycles. The summed E-state index contributed by atoms with van der Waals surface area (Å²) in [6, 6.07) is 12.0. The van der Waals surface area contributed by atoms with E-state index in [0.717, 1.165) is 37.2 Å². The minimum absolute atomic E-state index is 0.141. The van der Waals surface area contributed by atoms with E-state index in [1.807, 2.05) is 25.1 Å². The van der Waals surface area contributed by atoms with Crippen LogP contribution in [-0.2, 0) is 10.2 Å². The highest BCUT2D eigenvalue weighted by Gasteiger charge is 2.40. The number of ether oxygens (including phenoxy) is 1. The summed E-state index contributed by atoms with van der Waals surface area (Å²) in [7, 11) is 7.25. The number of carbonyl (C=O) groups is 1. The molecule has 2 N–H and O–H groups in total. The molecule has 1 unspecified atom stereocenters. The maximum Gasteiger partial charge on any atom is 0.329 e. The topological polar surface area (TPSA) is 118 Å². The van der Waals surface area contributed by atoms with Gasteiger partial charge in [0.15, 0.2) is 0 Å².